The van der Waals surface area contributed by atoms with Gasteiger partial charge in [0, 0.05) is 16.5 Å². The number of para-hydroxylation sites is 1. The number of aromatic nitrogens is 1. The molecule has 0 spiro atoms. The molecule has 39 heavy (non-hydrogen) atoms. The number of pyridine rings is 1. The molecule has 2 heterocycles. The van der Waals surface area contributed by atoms with Gasteiger partial charge in [-0.15, -0.1) is 0 Å². The minimum atomic E-state index is -0.457. The Morgan fingerprint density at radius 1 is 1.05 bits per heavy atom. The second-order valence-electron chi connectivity index (χ2n) is 8.99. The van der Waals surface area contributed by atoms with Crippen molar-refractivity contribution >= 4 is 34.5 Å². The topological polar surface area (TPSA) is 88.2 Å². The Kier molecular flexibility index (Phi) is 7.67. The van der Waals surface area contributed by atoms with Crippen LogP contribution < -0.4 is 10.1 Å². The lowest BCUT2D eigenvalue weighted by atomic mass is 9.98. The fourth-order valence-electron chi connectivity index (χ4n) is 4.55. The number of furan rings is 1. The second kappa shape index (κ2) is 11.5. The molecule has 6 nitrogen and oxygen atoms in total. The first-order valence-corrected chi connectivity index (χ1v) is 13.5. The van der Waals surface area contributed by atoms with Crippen LogP contribution in [0.3, 0.4) is 0 Å². The molecule has 1 amide bonds. The van der Waals surface area contributed by atoms with E-state index < -0.39 is 5.25 Å². The normalized spacial score (nSPS) is 11.6. The summed E-state index contributed by atoms with van der Waals surface area (Å²) in [6.45, 7) is 3.97. The average Bonchev–Trinajstić information content (AvgIpc) is 3.34. The summed E-state index contributed by atoms with van der Waals surface area (Å²) < 4.78 is 11.7. The molecule has 5 rings (SSSR count). The van der Waals surface area contributed by atoms with Crippen molar-refractivity contribution in [3.05, 3.63) is 96.1 Å². The predicted molar refractivity (Wildman–Crippen MR) is 156 cm³/mol. The van der Waals surface area contributed by atoms with E-state index in [4.69, 9.17) is 14.1 Å². The third-order valence-electron chi connectivity index (χ3n) is 6.49. The SMILES string of the molecule is CCC(Sc1cc(C)c2cccc(OC)c2n1)C(=O)Nc1oc(-c2ccccc2)c(-c2ccccc2)c1C#N. The largest absolute Gasteiger partial charge is 0.494 e. The number of hydrogen-bond donors (Lipinski definition) is 1. The Morgan fingerprint density at radius 2 is 1.74 bits per heavy atom. The van der Waals surface area contributed by atoms with Crippen LogP contribution in [0.15, 0.2) is 94.4 Å². The van der Waals surface area contributed by atoms with Crippen LogP contribution in [0.1, 0.15) is 24.5 Å². The van der Waals surface area contributed by atoms with Crippen LogP contribution in [0.4, 0.5) is 5.88 Å². The Morgan fingerprint density at radius 3 is 2.38 bits per heavy atom. The molecule has 7 heteroatoms. The van der Waals surface area contributed by atoms with Gasteiger partial charge in [-0.05, 0) is 36.6 Å². The summed E-state index contributed by atoms with van der Waals surface area (Å²) in [6.07, 6.45) is 0.556. The lowest BCUT2D eigenvalue weighted by Crippen LogP contribution is -2.24. The van der Waals surface area contributed by atoms with Gasteiger partial charge in [-0.2, -0.15) is 5.26 Å². The molecule has 0 saturated heterocycles. The number of rotatable bonds is 8. The molecular formula is C32H27N3O3S. The Labute approximate surface area is 231 Å². The van der Waals surface area contributed by atoms with Crippen LogP contribution in [0.5, 0.6) is 5.75 Å². The van der Waals surface area contributed by atoms with E-state index in [1.165, 1.54) is 11.8 Å². The number of benzene rings is 3. The molecule has 5 aromatic rings. The van der Waals surface area contributed by atoms with E-state index in [9.17, 15) is 10.1 Å². The first-order valence-electron chi connectivity index (χ1n) is 12.6. The van der Waals surface area contributed by atoms with Gasteiger partial charge in [-0.1, -0.05) is 91.5 Å². The van der Waals surface area contributed by atoms with E-state index in [0.717, 1.165) is 32.6 Å². The van der Waals surface area contributed by atoms with Gasteiger partial charge in [0.1, 0.15) is 28.7 Å². The molecule has 2 aromatic heterocycles. The number of amides is 1. The zero-order valence-electron chi connectivity index (χ0n) is 21.9. The van der Waals surface area contributed by atoms with Crippen LogP contribution in [0.25, 0.3) is 33.4 Å². The zero-order chi connectivity index (χ0) is 27.4. The summed E-state index contributed by atoms with van der Waals surface area (Å²) in [5, 5.41) is 14.3. The van der Waals surface area contributed by atoms with Gasteiger partial charge in [0.25, 0.3) is 0 Å². The maximum Gasteiger partial charge on any atom is 0.240 e. The molecule has 0 bridgehead atoms. The fraction of sp³-hybridized carbons (Fsp3) is 0.156. The van der Waals surface area contributed by atoms with Crippen molar-refractivity contribution in [2.24, 2.45) is 0 Å². The van der Waals surface area contributed by atoms with E-state index in [-0.39, 0.29) is 17.4 Å². The van der Waals surface area contributed by atoms with Gasteiger partial charge < -0.3 is 9.15 Å². The van der Waals surface area contributed by atoms with E-state index in [0.29, 0.717) is 23.5 Å². The lowest BCUT2D eigenvalue weighted by Gasteiger charge is -2.15. The monoisotopic (exact) mass is 533 g/mol. The summed E-state index contributed by atoms with van der Waals surface area (Å²) in [6, 6.07) is 29.2. The van der Waals surface area contributed by atoms with Gasteiger partial charge in [0.05, 0.1) is 17.4 Å². The van der Waals surface area contributed by atoms with Crippen molar-refractivity contribution in [3.63, 3.8) is 0 Å². The molecule has 0 radical (unpaired) electrons. The van der Waals surface area contributed by atoms with Crippen molar-refractivity contribution in [2.75, 3.05) is 12.4 Å². The summed E-state index contributed by atoms with van der Waals surface area (Å²) in [5.41, 5.74) is 4.41. The van der Waals surface area contributed by atoms with Crippen molar-refractivity contribution in [1.29, 1.82) is 5.26 Å². The maximum atomic E-state index is 13.5. The minimum Gasteiger partial charge on any atom is -0.494 e. The van der Waals surface area contributed by atoms with E-state index in [1.54, 1.807) is 7.11 Å². The van der Waals surface area contributed by atoms with Gasteiger partial charge in [0.2, 0.25) is 11.8 Å². The van der Waals surface area contributed by atoms with Gasteiger partial charge in [-0.3, -0.25) is 10.1 Å². The number of nitriles is 1. The number of nitrogens with one attached hydrogen (secondary N) is 1. The number of thioether (sulfide) groups is 1. The molecule has 1 unspecified atom stereocenters. The number of nitrogens with zero attached hydrogens (tertiary/aromatic N) is 2. The number of methoxy groups -OCH3 is 1. The molecule has 0 saturated carbocycles. The molecule has 0 aliphatic carbocycles. The van der Waals surface area contributed by atoms with Gasteiger partial charge in [-0.25, -0.2) is 4.98 Å². The number of aryl methyl sites for hydroxylation is 1. The van der Waals surface area contributed by atoms with Crippen molar-refractivity contribution < 1.29 is 13.9 Å². The molecule has 0 aliphatic rings. The van der Waals surface area contributed by atoms with E-state index >= 15 is 0 Å². The van der Waals surface area contributed by atoms with Crippen LogP contribution >= 0.6 is 11.8 Å². The van der Waals surface area contributed by atoms with Crippen LogP contribution in [-0.2, 0) is 4.79 Å². The summed E-state index contributed by atoms with van der Waals surface area (Å²) in [4.78, 5) is 18.3. The second-order valence-corrected chi connectivity index (χ2v) is 10.2. The van der Waals surface area contributed by atoms with Gasteiger partial charge >= 0.3 is 0 Å². The highest BCUT2D eigenvalue weighted by molar-refractivity contribution is 8.00. The zero-order valence-corrected chi connectivity index (χ0v) is 22.7. The predicted octanol–water partition coefficient (Wildman–Crippen LogP) is 7.86. The number of anilines is 1. The maximum absolute atomic E-state index is 13.5. The van der Waals surface area contributed by atoms with Crippen LogP contribution in [-0.4, -0.2) is 23.3 Å². The lowest BCUT2D eigenvalue weighted by molar-refractivity contribution is -0.115. The summed E-state index contributed by atoms with van der Waals surface area (Å²) in [7, 11) is 1.62. The van der Waals surface area contributed by atoms with E-state index in [2.05, 4.69) is 11.4 Å². The number of fused-ring (bicyclic) bond motifs is 1. The highest BCUT2D eigenvalue weighted by atomic mass is 32.2. The number of hydrogen-bond acceptors (Lipinski definition) is 6. The van der Waals surface area contributed by atoms with Crippen LogP contribution in [0, 0.1) is 18.3 Å². The van der Waals surface area contributed by atoms with E-state index in [1.807, 2.05) is 98.8 Å². The van der Waals surface area contributed by atoms with Crippen molar-refractivity contribution in [1.82, 2.24) is 4.98 Å². The molecular weight excluding hydrogens is 506 g/mol. The smallest absolute Gasteiger partial charge is 0.240 e. The number of carbonyl (C=O) groups is 1. The molecule has 0 fully saturated rings. The highest BCUT2D eigenvalue weighted by Gasteiger charge is 2.27. The molecule has 1 atom stereocenters. The first-order chi connectivity index (χ1) is 19.0. The quantitative estimate of drug-likeness (QED) is 0.204. The van der Waals surface area contributed by atoms with Crippen LogP contribution in [0.2, 0.25) is 0 Å². The third-order valence-corrected chi connectivity index (χ3v) is 7.77. The Hall–Kier alpha value is -4.54. The molecule has 0 aliphatic heterocycles. The standard InChI is InChI=1S/C32H27N3O3S/c1-4-26(39-27-18-20(2)23-16-11-17-25(37-3)29(23)34-27)31(36)35-32-24(19-33)28(21-12-7-5-8-13-21)30(38-32)22-14-9-6-10-15-22/h5-18,26H,4H2,1-3H3,(H,35,36). The molecule has 194 valence electrons. The van der Waals surface area contributed by atoms with Crippen molar-refractivity contribution in [2.45, 2.75) is 30.5 Å². The first kappa shape index (κ1) is 26.1. The average molecular weight is 534 g/mol. The third kappa shape index (κ3) is 5.25. The summed E-state index contributed by atoms with van der Waals surface area (Å²) >= 11 is 1.38. The molecule has 3 aromatic carbocycles. The summed E-state index contributed by atoms with van der Waals surface area (Å²) in [5.74, 6) is 1.11. The van der Waals surface area contributed by atoms with Gasteiger partial charge in [0.15, 0.2) is 0 Å². The number of carbonyl (C=O) groups excluding carboxylic acids is 1. The molecule has 1 N–H and O–H groups in total. The number of ether oxygens (including phenoxy) is 1. The highest BCUT2D eigenvalue weighted by Crippen LogP contribution is 2.42. The van der Waals surface area contributed by atoms with Crippen molar-refractivity contribution in [3.8, 4) is 34.3 Å². The minimum absolute atomic E-state index is 0.142. The Balaban J connectivity index is 1.49. The fourth-order valence-corrected chi connectivity index (χ4v) is 5.56. The Bertz CT molecular complexity index is 1670.